The summed E-state index contributed by atoms with van der Waals surface area (Å²) in [7, 11) is 0. The van der Waals surface area contributed by atoms with Crippen molar-refractivity contribution in [2.45, 2.75) is 0 Å². The minimum atomic E-state index is -0.560. The van der Waals surface area contributed by atoms with Crippen LogP contribution in [0.3, 0.4) is 0 Å². The standard InChI is InChI=1S/C16H10BrFN2O/c17-12-7-4-8-13(18)15(12)16(21)14-9-10-19-20(14)11-5-2-1-3-6-11/h1-10H. The first-order chi connectivity index (χ1) is 10.2. The Balaban J connectivity index is 2.11. The van der Waals surface area contributed by atoms with E-state index in [0.29, 0.717) is 10.2 Å². The molecule has 21 heavy (non-hydrogen) atoms. The molecule has 0 atom stereocenters. The number of ketones is 1. The molecular weight excluding hydrogens is 335 g/mol. The third-order valence-corrected chi connectivity index (χ3v) is 3.73. The quantitative estimate of drug-likeness (QED) is 0.673. The van der Waals surface area contributed by atoms with Crippen molar-refractivity contribution in [3.05, 3.63) is 82.3 Å². The zero-order valence-electron chi connectivity index (χ0n) is 10.8. The summed E-state index contributed by atoms with van der Waals surface area (Å²) in [6.07, 6.45) is 1.52. The Kier molecular flexibility index (Phi) is 3.66. The first kappa shape index (κ1) is 13.7. The highest BCUT2D eigenvalue weighted by atomic mass is 79.9. The Hall–Kier alpha value is -2.27. The van der Waals surface area contributed by atoms with Gasteiger partial charge in [0.15, 0.2) is 0 Å². The number of hydrogen-bond acceptors (Lipinski definition) is 2. The normalized spacial score (nSPS) is 10.6. The number of carbonyl (C=O) groups is 1. The van der Waals surface area contributed by atoms with Gasteiger partial charge in [-0.3, -0.25) is 4.79 Å². The molecule has 0 bridgehead atoms. The number of rotatable bonds is 3. The van der Waals surface area contributed by atoms with Gasteiger partial charge in [-0.2, -0.15) is 5.10 Å². The minimum absolute atomic E-state index is 0.00943. The molecule has 1 aromatic heterocycles. The van der Waals surface area contributed by atoms with E-state index in [1.54, 1.807) is 18.2 Å². The summed E-state index contributed by atoms with van der Waals surface area (Å²) < 4.78 is 15.9. The SMILES string of the molecule is O=C(c1c(F)cccc1Br)c1ccnn1-c1ccccc1. The van der Waals surface area contributed by atoms with Crippen LogP contribution in [-0.4, -0.2) is 15.6 Å². The van der Waals surface area contributed by atoms with E-state index in [4.69, 9.17) is 0 Å². The molecule has 0 aliphatic rings. The van der Waals surface area contributed by atoms with Gasteiger partial charge >= 0.3 is 0 Å². The molecule has 0 saturated carbocycles. The number of nitrogens with zero attached hydrogens (tertiary/aromatic N) is 2. The molecule has 0 aliphatic heterocycles. The first-order valence-corrected chi connectivity index (χ1v) is 7.06. The summed E-state index contributed by atoms with van der Waals surface area (Å²) in [6.45, 7) is 0. The predicted octanol–water partition coefficient (Wildman–Crippen LogP) is 4.00. The van der Waals surface area contributed by atoms with Gasteiger partial charge in [0.2, 0.25) is 5.78 Å². The highest BCUT2D eigenvalue weighted by molar-refractivity contribution is 9.10. The summed E-state index contributed by atoms with van der Waals surface area (Å²) in [4.78, 5) is 12.6. The zero-order chi connectivity index (χ0) is 14.8. The van der Waals surface area contributed by atoms with E-state index in [1.807, 2.05) is 30.3 Å². The molecule has 0 fully saturated rings. The van der Waals surface area contributed by atoms with Gasteiger partial charge in [-0.15, -0.1) is 0 Å². The van der Waals surface area contributed by atoms with E-state index in [0.717, 1.165) is 5.69 Å². The van der Waals surface area contributed by atoms with Crippen LogP contribution in [-0.2, 0) is 0 Å². The third-order valence-electron chi connectivity index (χ3n) is 3.07. The van der Waals surface area contributed by atoms with Gasteiger partial charge in [0.25, 0.3) is 0 Å². The number of benzene rings is 2. The largest absolute Gasteiger partial charge is 0.287 e. The molecule has 0 radical (unpaired) electrons. The second kappa shape index (κ2) is 5.61. The molecule has 0 aliphatic carbocycles. The number of carbonyl (C=O) groups excluding carboxylic acids is 1. The molecular formula is C16H10BrFN2O. The van der Waals surface area contributed by atoms with Crippen LogP contribution in [0.2, 0.25) is 0 Å². The zero-order valence-corrected chi connectivity index (χ0v) is 12.4. The van der Waals surface area contributed by atoms with Crippen molar-refractivity contribution in [2.75, 3.05) is 0 Å². The second-order valence-corrected chi connectivity index (χ2v) is 5.24. The fourth-order valence-corrected chi connectivity index (χ4v) is 2.62. The minimum Gasteiger partial charge on any atom is -0.287 e. The van der Waals surface area contributed by atoms with Crippen molar-refractivity contribution in [1.82, 2.24) is 9.78 Å². The van der Waals surface area contributed by atoms with Gasteiger partial charge in [-0.1, -0.05) is 24.3 Å². The molecule has 0 saturated heterocycles. The number of hydrogen-bond donors (Lipinski definition) is 0. The molecule has 0 amide bonds. The van der Waals surface area contributed by atoms with E-state index in [9.17, 15) is 9.18 Å². The van der Waals surface area contributed by atoms with Crippen LogP contribution >= 0.6 is 15.9 Å². The molecule has 0 spiro atoms. The van der Waals surface area contributed by atoms with Crippen LogP contribution in [0, 0.1) is 5.82 Å². The third kappa shape index (κ3) is 2.52. The van der Waals surface area contributed by atoms with Crippen LogP contribution in [0.4, 0.5) is 4.39 Å². The lowest BCUT2D eigenvalue weighted by molar-refractivity contribution is 0.102. The molecule has 0 N–H and O–H groups in total. The van der Waals surface area contributed by atoms with Crippen molar-refractivity contribution >= 4 is 21.7 Å². The van der Waals surface area contributed by atoms with Crippen LogP contribution in [0.15, 0.2) is 65.3 Å². The van der Waals surface area contributed by atoms with Gasteiger partial charge in [-0.05, 0) is 46.3 Å². The van der Waals surface area contributed by atoms with Crippen molar-refractivity contribution in [3.8, 4) is 5.69 Å². The Morgan fingerprint density at radius 3 is 2.52 bits per heavy atom. The average molecular weight is 345 g/mol. The van der Waals surface area contributed by atoms with Gasteiger partial charge in [-0.25, -0.2) is 9.07 Å². The fraction of sp³-hybridized carbons (Fsp3) is 0. The first-order valence-electron chi connectivity index (χ1n) is 6.26. The van der Waals surface area contributed by atoms with Crippen LogP contribution in [0.5, 0.6) is 0 Å². The highest BCUT2D eigenvalue weighted by Crippen LogP contribution is 2.23. The maximum Gasteiger partial charge on any atom is 0.215 e. The van der Waals surface area contributed by atoms with Gasteiger partial charge in [0.05, 0.1) is 17.4 Å². The van der Waals surface area contributed by atoms with Crippen molar-refractivity contribution in [2.24, 2.45) is 0 Å². The van der Waals surface area contributed by atoms with Gasteiger partial charge in [0.1, 0.15) is 11.5 Å². The van der Waals surface area contributed by atoms with Crippen molar-refractivity contribution in [1.29, 1.82) is 0 Å². The summed E-state index contributed by atoms with van der Waals surface area (Å²) in [5.41, 5.74) is 1.07. The molecule has 3 nitrogen and oxygen atoms in total. The van der Waals surface area contributed by atoms with Gasteiger partial charge < -0.3 is 0 Å². The average Bonchev–Trinajstić information content (AvgIpc) is 2.97. The lowest BCUT2D eigenvalue weighted by Gasteiger charge is -2.08. The Morgan fingerprint density at radius 2 is 1.81 bits per heavy atom. The molecule has 3 aromatic rings. The van der Waals surface area contributed by atoms with Gasteiger partial charge in [0, 0.05) is 4.47 Å². The molecule has 104 valence electrons. The lowest BCUT2D eigenvalue weighted by Crippen LogP contribution is -2.12. The Bertz CT molecular complexity index is 779. The predicted molar refractivity (Wildman–Crippen MR) is 81.1 cm³/mol. The smallest absolute Gasteiger partial charge is 0.215 e. The molecule has 3 rings (SSSR count). The summed E-state index contributed by atoms with van der Waals surface area (Å²) >= 11 is 3.22. The highest BCUT2D eigenvalue weighted by Gasteiger charge is 2.21. The number of halogens is 2. The molecule has 0 unspecified atom stereocenters. The number of aromatic nitrogens is 2. The van der Waals surface area contributed by atoms with E-state index < -0.39 is 11.6 Å². The fourth-order valence-electron chi connectivity index (χ4n) is 2.09. The molecule has 5 heteroatoms. The summed E-state index contributed by atoms with van der Waals surface area (Å²) in [5.74, 6) is -0.975. The van der Waals surface area contributed by atoms with Crippen LogP contribution in [0.25, 0.3) is 5.69 Å². The summed E-state index contributed by atoms with van der Waals surface area (Å²) in [6, 6.07) is 15.3. The van der Waals surface area contributed by atoms with E-state index in [1.165, 1.54) is 16.9 Å². The van der Waals surface area contributed by atoms with Crippen LogP contribution in [0.1, 0.15) is 16.1 Å². The van der Waals surface area contributed by atoms with Crippen molar-refractivity contribution in [3.63, 3.8) is 0 Å². The maximum atomic E-state index is 13.9. The van der Waals surface area contributed by atoms with E-state index in [-0.39, 0.29) is 5.56 Å². The van der Waals surface area contributed by atoms with E-state index in [2.05, 4.69) is 21.0 Å². The monoisotopic (exact) mass is 344 g/mol. The molecule has 2 aromatic carbocycles. The molecule has 1 heterocycles. The Labute approximate surface area is 129 Å². The summed E-state index contributed by atoms with van der Waals surface area (Å²) in [5, 5.41) is 4.15. The Morgan fingerprint density at radius 1 is 1.05 bits per heavy atom. The number of para-hydroxylation sites is 1. The van der Waals surface area contributed by atoms with E-state index >= 15 is 0 Å². The van der Waals surface area contributed by atoms with Crippen molar-refractivity contribution < 1.29 is 9.18 Å². The lowest BCUT2D eigenvalue weighted by atomic mass is 10.1. The maximum absolute atomic E-state index is 13.9. The topological polar surface area (TPSA) is 34.9 Å². The second-order valence-electron chi connectivity index (χ2n) is 4.39. The van der Waals surface area contributed by atoms with Crippen LogP contribution < -0.4 is 0 Å².